The Labute approximate surface area is 162 Å². The highest BCUT2D eigenvalue weighted by Crippen LogP contribution is 2.24. The highest BCUT2D eigenvalue weighted by Gasteiger charge is 2.31. The molecule has 26 heavy (non-hydrogen) atoms. The highest BCUT2D eigenvalue weighted by atomic mass is 32.1. The van der Waals surface area contributed by atoms with Crippen molar-refractivity contribution in [2.45, 2.75) is 39.4 Å². The average molecular weight is 389 g/mol. The molecular weight excluding hydrogens is 366 g/mol. The number of carbonyl (C=O) groups excluding carboxylic acids is 1. The van der Waals surface area contributed by atoms with E-state index in [1.165, 1.54) is 9.78 Å². The maximum atomic E-state index is 12.3. The minimum absolute atomic E-state index is 0.299. The first-order chi connectivity index (χ1) is 12.6. The van der Waals surface area contributed by atoms with Crippen LogP contribution in [0.2, 0.25) is 0 Å². The van der Waals surface area contributed by atoms with E-state index in [0.29, 0.717) is 35.1 Å². The van der Waals surface area contributed by atoms with Crippen molar-refractivity contribution in [1.82, 2.24) is 4.57 Å². The molecular formula is C19H22N3O2S2+. The molecule has 136 valence electrons. The van der Waals surface area contributed by atoms with E-state index in [9.17, 15) is 10.1 Å². The zero-order valence-electron chi connectivity index (χ0n) is 14.9. The number of hydrogen-bond acceptors (Lipinski definition) is 5. The first-order valence-electron chi connectivity index (χ1n) is 8.76. The third-order valence-corrected chi connectivity index (χ3v) is 6.33. The third kappa shape index (κ3) is 3.58. The van der Waals surface area contributed by atoms with E-state index in [1.54, 1.807) is 24.3 Å². The van der Waals surface area contributed by atoms with Crippen LogP contribution in [0.25, 0.3) is 0 Å². The monoisotopic (exact) mass is 388 g/mol. The van der Waals surface area contributed by atoms with Gasteiger partial charge in [-0.25, -0.2) is 4.79 Å². The second-order valence-electron chi connectivity index (χ2n) is 6.40. The first-order valence-corrected chi connectivity index (χ1v) is 10.0. The molecule has 0 bridgehead atoms. The number of quaternary nitrogens is 1. The highest BCUT2D eigenvalue weighted by molar-refractivity contribution is 7.71. The molecule has 3 rings (SSSR count). The van der Waals surface area contributed by atoms with Gasteiger partial charge in [-0.1, -0.05) is 18.3 Å². The van der Waals surface area contributed by atoms with Crippen LogP contribution in [0, 0.1) is 22.9 Å². The fourth-order valence-electron chi connectivity index (χ4n) is 3.58. The van der Waals surface area contributed by atoms with Crippen LogP contribution in [0.15, 0.2) is 23.6 Å². The summed E-state index contributed by atoms with van der Waals surface area (Å²) < 4.78 is 7.57. The Morgan fingerprint density at radius 2 is 2.38 bits per heavy atom. The van der Waals surface area contributed by atoms with Crippen molar-refractivity contribution in [3.8, 4) is 6.07 Å². The number of nitrogens with zero attached hydrogens (tertiary/aromatic N) is 2. The van der Waals surface area contributed by atoms with Crippen LogP contribution in [-0.4, -0.2) is 23.7 Å². The molecule has 2 aromatic heterocycles. The molecule has 2 atom stereocenters. The summed E-state index contributed by atoms with van der Waals surface area (Å²) in [6, 6.07) is 8.39. The quantitative estimate of drug-likeness (QED) is 0.632. The van der Waals surface area contributed by atoms with Crippen molar-refractivity contribution in [3.05, 3.63) is 49.9 Å². The summed E-state index contributed by atoms with van der Waals surface area (Å²) in [4.78, 5) is 15.1. The van der Waals surface area contributed by atoms with Crippen LogP contribution in [0.3, 0.4) is 0 Å². The van der Waals surface area contributed by atoms with E-state index >= 15 is 0 Å². The smallest absolute Gasteiger partial charge is 0.339 e. The first kappa shape index (κ1) is 18.8. The number of aromatic nitrogens is 1. The van der Waals surface area contributed by atoms with E-state index in [2.05, 4.69) is 23.6 Å². The predicted molar refractivity (Wildman–Crippen MR) is 103 cm³/mol. The summed E-state index contributed by atoms with van der Waals surface area (Å²) in [6.45, 7) is 5.64. The summed E-state index contributed by atoms with van der Waals surface area (Å²) in [5.41, 5.74) is 1.53. The van der Waals surface area contributed by atoms with Crippen LogP contribution in [0.1, 0.15) is 52.3 Å². The largest absolute Gasteiger partial charge is 0.462 e. The summed E-state index contributed by atoms with van der Waals surface area (Å²) in [5, 5.41) is 11.6. The summed E-state index contributed by atoms with van der Waals surface area (Å²) in [7, 11) is 0. The minimum atomic E-state index is -0.406. The van der Waals surface area contributed by atoms with Crippen molar-refractivity contribution < 1.29 is 14.4 Å². The second-order valence-corrected chi connectivity index (χ2v) is 7.77. The number of likely N-dealkylation sites (tertiary alicyclic amines) is 1. The molecule has 7 heteroatoms. The van der Waals surface area contributed by atoms with Gasteiger partial charge in [0, 0.05) is 18.5 Å². The molecule has 0 spiro atoms. The molecule has 1 saturated heterocycles. The van der Waals surface area contributed by atoms with E-state index in [0.717, 1.165) is 25.1 Å². The van der Waals surface area contributed by atoms with Gasteiger partial charge >= 0.3 is 5.97 Å². The van der Waals surface area contributed by atoms with Gasteiger partial charge in [0.05, 0.1) is 29.2 Å². The van der Waals surface area contributed by atoms with E-state index in [1.807, 2.05) is 11.5 Å². The van der Waals surface area contributed by atoms with Crippen molar-refractivity contribution in [1.29, 1.82) is 5.26 Å². The number of esters is 1. The molecule has 0 saturated carbocycles. The number of nitrogens with one attached hydrogen (secondary N) is 1. The van der Waals surface area contributed by atoms with Crippen LogP contribution < -0.4 is 4.90 Å². The van der Waals surface area contributed by atoms with Crippen molar-refractivity contribution in [2.24, 2.45) is 0 Å². The molecule has 1 aliphatic rings. The average Bonchev–Trinajstić information content (AvgIpc) is 3.30. The molecule has 1 N–H and O–H groups in total. The SMILES string of the molecule is CCOC(=O)c1cc(C#N)c(=S)n(C[NH+]2CCC[C@@H]2c2cccs2)c1C. The maximum Gasteiger partial charge on any atom is 0.339 e. The zero-order chi connectivity index (χ0) is 18.7. The minimum Gasteiger partial charge on any atom is -0.462 e. The Morgan fingerprint density at radius 1 is 1.58 bits per heavy atom. The molecule has 1 aliphatic heterocycles. The number of rotatable bonds is 5. The van der Waals surface area contributed by atoms with Crippen LogP contribution in [-0.2, 0) is 11.4 Å². The molecule has 1 fully saturated rings. The lowest BCUT2D eigenvalue weighted by Gasteiger charge is -2.24. The Morgan fingerprint density at radius 3 is 3.04 bits per heavy atom. The Bertz CT molecular complexity index is 897. The van der Waals surface area contributed by atoms with E-state index in [4.69, 9.17) is 17.0 Å². The lowest BCUT2D eigenvalue weighted by Crippen LogP contribution is -3.09. The Hall–Kier alpha value is -2.01. The van der Waals surface area contributed by atoms with Gasteiger partial charge in [-0.2, -0.15) is 5.26 Å². The number of thiophene rings is 1. The number of nitriles is 1. The van der Waals surface area contributed by atoms with Gasteiger partial charge in [0.25, 0.3) is 0 Å². The summed E-state index contributed by atoms with van der Waals surface area (Å²) >= 11 is 7.32. The molecule has 5 nitrogen and oxygen atoms in total. The zero-order valence-corrected chi connectivity index (χ0v) is 16.6. The van der Waals surface area contributed by atoms with Gasteiger partial charge in [0.15, 0.2) is 6.67 Å². The third-order valence-electron chi connectivity index (χ3n) is 4.91. The van der Waals surface area contributed by atoms with Crippen molar-refractivity contribution in [3.63, 3.8) is 0 Å². The van der Waals surface area contributed by atoms with Gasteiger partial charge < -0.3 is 9.64 Å². The number of pyridine rings is 1. The summed E-state index contributed by atoms with van der Waals surface area (Å²) in [5.74, 6) is -0.406. The standard InChI is InChI=1S/C19H21N3O2S2/c1-3-24-19(23)15-10-14(11-20)18(25)22(13(15)2)12-21-8-4-6-16(21)17-7-5-9-26-17/h5,7,9-10,16H,3-4,6,8,12H2,1-2H3/p+1/t16-/m1/s1. The van der Waals surface area contributed by atoms with Crippen LogP contribution in [0.4, 0.5) is 0 Å². The topological polar surface area (TPSA) is 59.5 Å². The molecule has 0 aliphatic carbocycles. The Balaban J connectivity index is 1.99. The maximum absolute atomic E-state index is 12.3. The van der Waals surface area contributed by atoms with Gasteiger partial charge in [-0.15, -0.1) is 11.3 Å². The molecule has 1 unspecified atom stereocenters. The van der Waals surface area contributed by atoms with Crippen LogP contribution >= 0.6 is 23.6 Å². The second kappa shape index (κ2) is 8.12. The van der Waals surface area contributed by atoms with Gasteiger partial charge in [0.2, 0.25) is 0 Å². The fourth-order valence-corrected chi connectivity index (χ4v) is 4.80. The molecule has 0 radical (unpaired) electrons. The normalized spacial score (nSPS) is 19.3. The van der Waals surface area contributed by atoms with Gasteiger partial charge in [-0.3, -0.25) is 4.57 Å². The molecule has 0 aromatic carbocycles. The van der Waals surface area contributed by atoms with Crippen LogP contribution in [0.5, 0.6) is 0 Å². The van der Waals surface area contributed by atoms with E-state index in [-0.39, 0.29) is 0 Å². The fraction of sp³-hybridized carbons (Fsp3) is 0.421. The predicted octanol–water partition coefficient (Wildman–Crippen LogP) is 3.01. The van der Waals surface area contributed by atoms with E-state index < -0.39 is 5.97 Å². The Kier molecular flexibility index (Phi) is 5.87. The number of carbonyl (C=O) groups is 1. The summed E-state index contributed by atoms with van der Waals surface area (Å²) in [6.07, 6.45) is 2.30. The number of ether oxygens (including phenoxy) is 1. The molecule has 0 amide bonds. The molecule has 2 aromatic rings. The van der Waals surface area contributed by atoms with Crippen molar-refractivity contribution in [2.75, 3.05) is 13.2 Å². The molecule has 3 heterocycles. The van der Waals surface area contributed by atoms with Gasteiger partial charge in [0.1, 0.15) is 16.8 Å². The number of hydrogen-bond donors (Lipinski definition) is 1. The van der Waals surface area contributed by atoms with Crippen molar-refractivity contribution >= 4 is 29.5 Å². The van der Waals surface area contributed by atoms with Gasteiger partial charge in [-0.05, 0) is 31.4 Å². The lowest BCUT2D eigenvalue weighted by atomic mass is 10.1. The lowest BCUT2D eigenvalue weighted by molar-refractivity contribution is -0.940.